The molecule has 2 heterocycles. The summed E-state index contributed by atoms with van der Waals surface area (Å²) in [5.74, 6) is -0.0586. The van der Waals surface area contributed by atoms with Crippen LogP contribution in [0.4, 0.5) is 0 Å². The maximum Gasteiger partial charge on any atom is 0.358 e. The van der Waals surface area contributed by atoms with Crippen molar-refractivity contribution >= 4 is 5.97 Å². The Morgan fingerprint density at radius 2 is 2.29 bits per heavy atom. The van der Waals surface area contributed by atoms with Gasteiger partial charge in [-0.1, -0.05) is 12.1 Å². The number of hydrogen-bond acceptors (Lipinski definition) is 4. The van der Waals surface area contributed by atoms with Gasteiger partial charge in [-0.3, -0.25) is 0 Å². The molecule has 0 aliphatic rings. The molecule has 7 nitrogen and oxygen atoms in total. The van der Waals surface area contributed by atoms with Gasteiger partial charge in [-0.15, -0.1) is 5.10 Å². The molecule has 0 unspecified atom stereocenters. The van der Waals surface area contributed by atoms with Gasteiger partial charge >= 0.3 is 5.97 Å². The van der Waals surface area contributed by atoms with Crippen molar-refractivity contribution in [1.82, 2.24) is 24.5 Å². The quantitative estimate of drug-likeness (QED) is 0.812. The normalized spacial score (nSPS) is 10.6. The highest BCUT2D eigenvalue weighted by Crippen LogP contribution is 2.00. The van der Waals surface area contributed by atoms with E-state index in [2.05, 4.69) is 15.3 Å². The topological polar surface area (TPSA) is 85.8 Å². The summed E-state index contributed by atoms with van der Waals surface area (Å²) in [7, 11) is 0. The molecule has 0 saturated carbocycles. The van der Waals surface area contributed by atoms with Gasteiger partial charge in [-0.2, -0.15) is 0 Å². The standard InChI is InChI=1S/C10H13N5O2/c1-2-9-11-3-4-14(9)5-6-15-7-8(10(16)17)12-13-15/h3-4,7H,2,5-6H2,1H3,(H,16,17). The van der Waals surface area contributed by atoms with E-state index in [0.717, 1.165) is 12.2 Å². The van der Waals surface area contributed by atoms with Crippen molar-refractivity contribution in [3.8, 4) is 0 Å². The molecule has 7 heteroatoms. The fourth-order valence-electron chi connectivity index (χ4n) is 1.57. The van der Waals surface area contributed by atoms with Gasteiger partial charge in [0.25, 0.3) is 0 Å². The van der Waals surface area contributed by atoms with Crippen LogP contribution in [0.15, 0.2) is 18.6 Å². The molecule has 0 saturated heterocycles. The summed E-state index contributed by atoms with van der Waals surface area (Å²) in [5, 5.41) is 16.0. The zero-order chi connectivity index (χ0) is 12.3. The minimum atomic E-state index is -1.06. The molecule has 0 aliphatic carbocycles. The number of carboxylic acid groups (broad SMARTS) is 1. The second-order valence-corrected chi connectivity index (χ2v) is 3.56. The Balaban J connectivity index is 2.00. The van der Waals surface area contributed by atoms with Gasteiger partial charge < -0.3 is 9.67 Å². The van der Waals surface area contributed by atoms with E-state index < -0.39 is 5.97 Å². The fourth-order valence-corrected chi connectivity index (χ4v) is 1.57. The first-order valence-electron chi connectivity index (χ1n) is 5.34. The number of aromatic carboxylic acids is 1. The number of aryl methyl sites for hydroxylation is 3. The van der Waals surface area contributed by atoms with E-state index in [1.165, 1.54) is 10.9 Å². The minimum Gasteiger partial charge on any atom is -0.476 e. The zero-order valence-corrected chi connectivity index (χ0v) is 9.44. The summed E-state index contributed by atoms with van der Waals surface area (Å²) in [6, 6.07) is 0. The third-order valence-electron chi connectivity index (χ3n) is 2.45. The van der Waals surface area contributed by atoms with E-state index in [0.29, 0.717) is 13.1 Å². The van der Waals surface area contributed by atoms with Crippen LogP contribution in [0.1, 0.15) is 23.2 Å². The van der Waals surface area contributed by atoms with Crippen molar-refractivity contribution in [2.75, 3.05) is 0 Å². The molecule has 0 spiro atoms. The molecule has 0 fully saturated rings. The van der Waals surface area contributed by atoms with Gasteiger partial charge in [0.1, 0.15) is 5.82 Å². The Bertz CT molecular complexity index is 516. The molecule has 0 bridgehead atoms. The van der Waals surface area contributed by atoms with Gasteiger partial charge in [0.2, 0.25) is 0 Å². The smallest absolute Gasteiger partial charge is 0.358 e. The molecule has 0 amide bonds. The van der Waals surface area contributed by atoms with Crippen LogP contribution in [0.25, 0.3) is 0 Å². The molecule has 90 valence electrons. The molecule has 2 rings (SSSR count). The highest BCUT2D eigenvalue weighted by atomic mass is 16.4. The maximum atomic E-state index is 10.6. The predicted octanol–water partition coefficient (Wildman–Crippen LogP) is 0.435. The summed E-state index contributed by atoms with van der Waals surface area (Å²) >= 11 is 0. The molecule has 2 aromatic rings. The lowest BCUT2D eigenvalue weighted by molar-refractivity contribution is 0.0690. The zero-order valence-electron chi connectivity index (χ0n) is 9.44. The summed E-state index contributed by atoms with van der Waals surface area (Å²) in [6.45, 7) is 3.31. The van der Waals surface area contributed by atoms with Crippen LogP contribution >= 0.6 is 0 Å². The van der Waals surface area contributed by atoms with Crippen molar-refractivity contribution in [3.05, 3.63) is 30.1 Å². The number of nitrogens with zero attached hydrogens (tertiary/aromatic N) is 5. The van der Waals surface area contributed by atoms with E-state index in [4.69, 9.17) is 5.11 Å². The highest BCUT2D eigenvalue weighted by molar-refractivity contribution is 5.84. The van der Waals surface area contributed by atoms with Crippen LogP contribution in [0.5, 0.6) is 0 Å². The Morgan fingerprint density at radius 1 is 1.47 bits per heavy atom. The average Bonchev–Trinajstić information content (AvgIpc) is 2.95. The summed E-state index contributed by atoms with van der Waals surface area (Å²) in [5.41, 5.74) is -0.0358. The third kappa shape index (κ3) is 2.49. The molecule has 0 aliphatic heterocycles. The van der Waals surface area contributed by atoms with Crippen molar-refractivity contribution < 1.29 is 9.90 Å². The van der Waals surface area contributed by atoms with Crippen LogP contribution in [0.2, 0.25) is 0 Å². The van der Waals surface area contributed by atoms with Gasteiger partial charge in [-0.25, -0.2) is 14.5 Å². The van der Waals surface area contributed by atoms with Crippen LogP contribution in [-0.2, 0) is 19.5 Å². The Kier molecular flexibility index (Phi) is 3.17. The third-order valence-corrected chi connectivity index (χ3v) is 2.45. The van der Waals surface area contributed by atoms with Crippen molar-refractivity contribution in [1.29, 1.82) is 0 Å². The molecular weight excluding hydrogens is 222 g/mol. The maximum absolute atomic E-state index is 10.6. The number of hydrogen-bond donors (Lipinski definition) is 1. The van der Waals surface area contributed by atoms with E-state index in [1.54, 1.807) is 6.20 Å². The largest absolute Gasteiger partial charge is 0.476 e. The van der Waals surface area contributed by atoms with Crippen LogP contribution in [0.3, 0.4) is 0 Å². The molecule has 0 radical (unpaired) electrons. The van der Waals surface area contributed by atoms with Crippen LogP contribution < -0.4 is 0 Å². The molecule has 0 aromatic carbocycles. The highest BCUT2D eigenvalue weighted by Gasteiger charge is 2.08. The fraction of sp³-hybridized carbons (Fsp3) is 0.400. The van der Waals surface area contributed by atoms with Gasteiger partial charge in [0.05, 0.1) is 12.7 Å². The SMILES string of the molecule is CCc1nccn1CCn1cc(C(=O)O)nn1. The van der Waals surface area contributed by atoms with E-state index in [9.17, 15) is 4.79 Å². The first-order valence-corrected chi connectivity index (χ1v) is 5.34. The first-order chi connectivity index (χ1) is 8.20. The van der Waals surface area contributed by atoms with Gasteiger partial charge in [0, 0.05) is 25.4 Å². The lowest BCUT2D eigenvalue weighted by Gasteiger charge is -2.05. The molecule has 0 atom stereocenters. The number of carboxylic acids is 1. The Morgan fingerprint density at radius 3 is 2.94 bits per heavy atom. The number of rotatable bonds is 5. The minimum absolute atomic E-state index is 0.0358. The summed E-state index contributed by atoms with van der Waals surface area (Å²) in [6.07, 6.45) is 5.94. The average molecular weight is 235 g/mol. The van der Waals surface area contributed by atoms with E-state index in [1.807, 2.05) is 17.7 Å². The summed E-state index contributed by atoms with van der Waals surface area (Å²) in [4.78, 5) is 14.8. The lowest BCUT2D eigenvalue weighted by Crippen LogP contribution is -2.09. The van der Waals surface area contributed by atoms with Gasteiger partial charge in [0.15, 0.2) is 5.69 Å². The van der Waals surface area contributed by atoms with Crippen molar-refractivity contribution in [3.63, 3.8) is 0 Å². The lowest BCUT2D eigenvalue weighted by atomic mass is 10.4. The van der Waals surface area contributed by atoms with Crippen molar-refractivity contribution in [2.24, 2.45) is 0 Å². The molecule has 1 N–H and O–H groups in total. The Hall–Kier alpha value is -2.18. The first kappa shape index (κ1) is 11.3. The van der Waals surface area contributed by atoms with Crippen molar-refractivity contribution in [2.45, 2.75) is 26.4 Å². The van der Waals surface area contributed by atoms with E-state index >= 15 is 0 Å². The van der Waals surface area contributed by atoms with Crippen LogP contribution in [-0.4, -0.2) is 35.6 Å². The van der Waals surface area contributed by atoms with E-state index in [-0.39, 0.29) is 5.69 Å². The number of carbonyl (C=O) groups is 1. The molecular formula is C10H13N5O2. The van der Waals surface area contributed by atoms with Crippen LogP contribution in [0, 0.1) is 0 Å². The molecule has 17 heavy (non-hydrogen) atoms. The summed E-state index contributed by atoms with van der Waals surface area (Å²) < 4.78 is 3.53. The van der Waals surface area contributed by atoms with Gasteiger partial charge in [-0.05, 0) is 0 Å². The second-order valence-electron chi connectivity index (χ2n) is 3.56. The monoisotopic (exact) mass is 235 g/mol. The number of imidazole rings is 1. The number of aromatic nitrogens is 5. The predicted molar refractivity (Wildman–Crippen MR) is 58.6 cm³/mol. The Labute approximate surface area is 97.7 Å². The second kappa shape index (κ2) is 4.77. The molecule has 2 aromatic heterocycles.